The van der Waals surface area contributed by atoms with E-state index in [4.69, 9.17) is 9.47 Å². The van der Waals surface area contributed by atoms with Crippen LogP contribution in [0.1, 0.15) is 55.1 Å². The van der Waals surface area contributed by atoms with Crippen molar-refractivity contribution >= 4 is 22.8 Å². The molecule has 6 heteroatoms. The van der Waals surface area contributed by atoms with Crippen molar-refractivity contribution in [1.29, 1.82) is 0 Å². The number of benzene rings is 1. The summed E-state index contributed by atoms with van der Waals surface area (Å²) in [6, 6.07) is 7.40. The molecule has 0 spiro atoms. The minimum atomic E-state index is -0.847. The largest absolute Gasteiger partial charge is 0.497 e. The number of aryl methyl sites for hydroxylation is 1. The number of amides is 1. The molecule has 1 aliphatic carbocycles. The van der Waals surface area contributed by atoms with Gasteiger partial charge in [0, 0.05) is 11.4 Å². The molecule has 0 bridgehead atoms. The second-order valence-electron chi connectivity index (χ2n) is 7.07. The zero-order valence-corrected chi connectivity index (χ0v) is 16.1. The maximum atomic E-state index is 12.6. The number of esters is 1. The van der Waals surface area contributed by atoms with E-state index in [2.05, 4.69) is 10.3 Å². The molecule has 27 heavy (non-hydrogen) atoms. The van der Waals surface area contributed by atoms with Crippen LogP contribution < -0.4 is 10.1 Å². The Morgan fingerprint density at radius 2 is 1.93 bits per heavy atom. The van der Waals surface area contributed by atoms with Crippen LogP contribution in [0.2, 0.25) is 0 Å². The van der Waals surface area contributed by atoms with Gasteiger partial charge >= 0.3 is 5.97 Å². The molecule has 1 atom stereocenters. The number of methoxy groups -OCH3 is 1. The highest BCUT2D eigenvalue weighted by atomic mass is 16.5. The highest BCUT2D eigenvalue weighted by Gasteiger charge is 2.24. The molecule has 1 unspecified atom stereocenters. The summed E-state index contributed by atoms with van der Waals surface area (Å²) in [5.74, 6) is -0.105. The maximum Gasteiger partial charge on any atom is 0.340 e. The lowest BCUT2D eigenvalue weighted by atomic mass is 9.95. The van der Waals surface area contributed by atoms with Crippen LogP contribution >= 0.6 is 0 Å². The molecule has 1 saturated carbocycles. The average Bonchev–Trinajstić information content (AvgIpc) is 2.67. The molecule has 0 radical (unpaired) electrons. The van der Waals surface area contributed by atoms with Crippen LogP contribution in [-0.4, -0.2) is 36.1 Å². The third-order valence-corrected chi connectivity index (χ3v) is 5.04. The summed E-state index contributed by atoms with van der Waals surface area (Å²) in [4.78, 5) is 29.4. The Kier molecular flexibility index (Phi) is 5.94. The van der Waals surface area contributed by atoms with Crippen LogP contribution in [0.4, 0.5) is 0 Å². The number of fused-ring (bicyclic) bond motifs is 1. The Morgan fingerprint density at radius 1 is 1.19 bits per heavy atom. The number of hydrogen-bond donors (Lipinski definition) is 1. The van der Waals surface area contributed by atoms with Crippen molar-refractivity contribution in [2.75, 3.05) is 7.11 Å². The van der Waals surface area contributed by atoms with E-state index < -0.39 is 12.1 Å². The fraction of sp³-hybridized carbons (Fsp3) is 0.476. The minimum Gasteiger partial charge on any atom is -0.497 e. The number of hydrogen-bond acceptors (Lipinski definition) is 5. The standard InChI is InChI=1S/C21H26N2O4/c1-13-18(12-15-11-17(26-3)9-10-19(15)22-13)21(25)27-14(2)20(24)23-16-7-5-4-6-8-16/h9-12,14,16H,4-8H2,1-3H3,(H,23,24). The van der Waals surface area contributed by atoms with Crippen LogP contribution in [0.25, 0.3) is 10.9 Å². The van der Waals surface area contributed by atoms with E-state index in [9.17, 15) is 9.59 Å². The Bertz CT molecular complexity index is 843. The van der Waals surface area contributed by atoms with Gasteiger partial charge in [-0.15, -0.1) is 0 Å². The number of aromatic nitrogens is 1. The normalized spacial score (nSPS) is 16.0. The summed E-state index contributed by atoms with van der Waals surface area (Å²) < 4.78 is 10.6. The molecule has 1 amide bonds. The van der Waals surface area contributed by atoms with Crippen LogP contribution in [0.15, 0.2) is 24.3 Å². The number of nitrogens with zero attached hydrogens (tertiary/aromatic N) is 1. The number of ether oxygens (including phenoxy) is 2. The lowest BCUT2D eigenvalue weighted by molar-refractivity contribution is -0.130. The first-order chi connectivity index (χ1) is 13.0. The van der Waals surface area contributed by atoms with Crippen molar-refractivity contribution < 1.29 is 19.1 Å². The molecule has 1 fully saturated rings. The summed E-state index contributed by atoms with van der Waals surface area (Å²) >= 11 is 0. The third-order valence-electron chi connectivity index (χ3n) is 5.04. The zero-order valence-electron chi connectivity index (χ0n) is 16.1. The molecule has 2 aromatic rings. The molecule has 1 aromatic heterocycles. The van der Waals surface area contributed by atoms with Gasteiger partial charge in [0.1, 0.15) is 5.75 Å². The molecule has 3 rings (SSSR count). The van der Waals surface area contributed by atoms with Gasteiger partial charge < -0.3 is 14.8 Å². The first-order valence-corrected chi connectivity index (χ1v) is 9.44. The molecule has 0 saturated heterocycles. The molecule has 144 valence electrons. The molecular formula is C21H26N2O4. The fourth-order valence-electron chi connectivity index (χ4n) is 3.43. The zero-order chi connectivity index (χ0) is 19.4. The van der Waals surface area contributed by atoms with E-state index in [0.29, 0.717) is 17.0 Å². The highest BCUT2D eigenvalue weighted by Crippen LogP contribution is 2.23. The molecule has 6 nitrogen and oxygen atoms in total. The predicted octanol–water partition coefficient (Wildman–Crippen LogP) is 3.55. The molecule has 1 aliphatic rings. The second-order valence-corrected chi connectivity index (χ2v) is 7.07. The number of pyridine rings is 1. The van der Waals surface area contributed by atoms with Gasteiger partial charge in [0.2, 0.25) is 0 Å². The van der Waals surface area contributed by atoms with E-state index >= 15 is 0 Å². The van der Waals surface area contributed by atoms with Crippen molar-refractivity contribution in [1.82, 2.24) is 10.3 Å². The fourth-order valence-corrected chi connectivity index (χ4v) is 3.43. The summed E-state index contributed by atoms with van der Waals surface area (Å²) in [6.45, 7) is 3.36. The van der Waals surface area contributed by atoms with Gasteiger partial charge in [0.15, 0.2) is 6.10 Å². The SMILES string of the molecule is COc1ccc2nc(C)c(C(=O)OC(C)C(=O)NC3CCCCC3)cc2c1. The van der Waals surface area contributed by atoms with E-state index in [1.807, 2.05) is 18.2 Å². The second kappa shape index (κ2) is 8.37. The van der Waals surface area contributed by atoms with E-state index in [-0.39, 0.29) is 11.9 Å². The summed E-state index contributed by atoms with van der Waals surface area (Å²) in [6.07, 6.45) is 4.61. The topological polar surface area (TPSA) is 77.5 Å². The molecule has 1 N–H and O–H groups in total. The van der Waals surface area contributed by atoms with Gasteiger partial charge in [-0.1, -0.05) is 19.3 Å². The number of carbonyl (C=O) groups excluding carboxylic acids is 2. The summed E-state index contributed by atoms with van der Waals surface area (Å²) in [5, 5.41) is 3.77. The first kappa shape index (κ1) is 19.1. The highest BCUT2D eigenvalue weighted by molar-refractivity contribution is 5.96. The summed E-state index contributed by atoms with van der Waals surface area (Å²) in [5.41, 5.74) is 1.69. The van der Waals surface area contributed by atoms with Crippen LogP contribution in [0, 0.1) is 6.92 Å². The minimum absolute atomic E-state index is 0.184. The molecular weight excluding hydrogens is 344 g/mol. The van der Waals surface area contributed by atoms with Gasteiger partial charge in [-0.25, -0.2) is 4.79 Å². The first-order valence-electron chi connectivity index (χ1n) is 9.44. The van der Waals surface area contributed by atoms with Crippen molar-refractivity contribution in [3.63, 3.8) is 0 Å². The lowest BCUT2D eigenvalue weighted by Gasteiger charge is -2.24. The predicted molar refractivity (Wildman–Crippen MR) is 103 cm³/mol. The third kappa shape index (κ3) is 4.56. The lowest BCUT2D eigenvalue weighted by Crippen LogP contribution is -2.42. The maximum absolute atomic E-state index is 12.6. The van der Waals surface area contributed by atoms with E-state index in [1.165, 1.54) is 6.42 Å². The summed E-state index contributed by atoms with van der Waals surface area (Å²) in [7, 11) is 1.59. The smallest absolute Gasteiger partial charge is 0.340 e. The number of carbonyl (C=O) groups is 2. The monoisotopic (exact) mass is 370 g/mol. The van der Waals surface area contributed by atoms with Crippen molar-refractivity contribution in [3.05, 3.63) is 35.5 Å². The number of rotatable bonds is 5. The average molecular weight is 370 g/mol. The van der Waals surface area contributed by atoms with Crippen LogP contribution in [0.3, 0.4) is 0 Å². The van der Waals surface area contributed by atoms with E-state index in [0.717, 1.165) is 36.6 Å². The Labute approximate surface area is 159 Å². The van der Waals surface area contributed by atoms with Gasteiger partial charge in [-0.3, -0.25) is 9.78 Å². The molecule has 1 aromatic carbocycles. The van der Waals surface area contributed by atoms with E-state index in [1.54, 1.807) is 27.0 Å². The number of nitrogens with one attached hydrogen (secondary N) is 1. The van der Waals surface area contributed by atoms with Gasteiger partial charge in [0.05, 0.1) is 23.9 Å². The van der Waals surface area contributed by atoms with Gasteiger partial charge in [-0.05, 0) is 51.0 Å². The molecule has 0 aliphatic heterocycles. The van der Waals surface area contributed by atoms with Gasteiger partial charge in [0.25, 0.3) is 5.91 Å². The quantitative estimate of drug-likeness (QED) is 0.815. The Morgan fingerprint density at radius 3 is 2.63 bits per heavy atom. The van der Waals surface area contributed by atoms with Crippen molar-refractivity contribution in [2.24, 2.45) is 0 Å². The van der Waals surface area contributed by atoms with Crippen LogP contribution in [-0.2, 0) is 9.53 Å². The van der Waals surface area contributed by atoms with Crippen molar-refractivity contribution in [2.45, 2.75) is 58.1 Å². The van der Waals surface area contributed by atoms with Crippen molar-refractivity contribution in [3.8, 4) is 5.75 Å². The Hall–Kier alpha value is -2.63. The Balaban J connectivity index is 1.70. The van der Waals surface area contributed by atoms with Crippen LogP contribution in [0.5, 0.6) is 5.75 Å². The van der Waals surface area contributed by atoms with Gasteiger partial charge in [-0.2, -0.15) is 0 Å². The molecule has 1 heterocycles.